The molecule has 0 unspecified atom stereocenters. The molecule has 76 valence electrons. The van der Waals surface area contributed by atoms with E-state index in [1.807, 2.05) is 6.07 Å². The van der Waals surface area contributed by atoms with Crippen LogP contribution < -0.4 is 4.74 Å². The largest absolute Gasteiger partial charge is 0.507 e. The lowest BCUT2D eigenvalue weighted by molar-refractivity contribution is 0.112. The van der Waals surface area contributed by atoms with E-state index in [0.29, 0.717) is 17.2 Å². The number of methoxy groups -OCH3 is 1. The van der Waals surface area contributed by atoms with Crippen molar-refractivity contribution in [3.05, 3.63) is 35.9 Å². The van der Waals surface area contributed by atoms with E-state index in [0.717, 1.165) is 11.1 Å². The first-order valence-corrected chi connectivity index (χ1v) is 4.51. The fourth-order valence-corrected chi connectivity index (χ4v) is 1.53. The first-order valence-electron chi connectivity index (χ1n) is 4.51. The normalized spacial score (nSPS) is 10.2. The lowest BCUT2D eigenvalue weighted by atomic mass is 10.1. The Labute approximate surface area is 86.9 Å². The van der Waals surface area contributed by atoms with Crippen LogP contribution in [0.5, 0.6) is 11.5 Å². The van der Waals surface area contributed by atoms with Crippen LogP contribution >= 0.6 is 0 Å². The van der Waals surface area contributed by atoms with Gasteiger partial charge < -0.3 is 9.84 Å². The fraction of sp³-hybridized carbons (Fsp3) is 0.0833. The summed E-state index contributed by atoms with van der Waals surface area (Å²) in [6.45, 7) is 0. The summed E-state index contributed by atoms with van der Waals surface area (Å²) in [5, 5.41) is 11.2. The lowest BCUT2D eigenvalue weighted by Crippen LogP contribution is -1.85. The smallest absolute Gasteiger partial charge is 0.153 e. The Bertz CT molecular complexity index is 518. The number of hydrogen-bond donors (Lipinski definition) is 1. The SMILES string of the molecule is COc1ccc2c(O)c(C=O)ccc2c1. The predicted molar refractivity (Wildman–Crippen MR) is 57.6 cm³/mol. The fourth-order valence-electron chi connectivity index (χ4n) is 1.53. The second-order valence-electron chi connectivity index (χ2n) is 3.21. The summed E-state index contributed by atoms with van der Waals surface area (Å²) in [5.41, 5.74) is 0.299. The van der Waals surface area contributed by atoms with Crippen molar-refractivity contribution >= 4 is 17.1 Å². The summed E-state index contributed by atoms with van der Waals surface area (Å²) >= 11 is 0. The summed E-state index contributed by atoms with van der Waals surface area (Å²) in [4.78, 5) is 10.6. The van der Waals surface area contributed by atoms with E-state index in [-0.39, 0.29) is 5.75 Å². The Morgan fingerprint density at radius 3 is 2.73 bits per heavy atom. The van der Waals surface area contributed by atoms with Gasteiger partial charge in [0.1, 0.15) is 11.5 Å². The number of phenols is 1. The highest BCUT2D eigenvalue weighted by Crippen LogP contribution is 2.30. The van der Waals surface area contributed by atoms with Gasteiger partial charge in [-0.05, 0) is 29.7 Å². The number of phenolic OH excluding ortho intramolecular Hbond substituents is 1. The van der Waals surface area contributed by atoms with Crippen molar-refractivity contribution in [1.29, 1.82) is 0 Å². The molecule has 0 amide bonds. The van der Waals surface area contributed by atoms with Crippen LogP contribution in [-0.2, 0) is 0 Å². The number of fused-ring (bicyclic) bond motifs is 1. The van der Waals surface area contributed by atoms with Crippen LogP contribution in [0.4, 0.5) is 0 Å². The molecular formula is C12H10O3. The third-order valence-electron chi connectivity index (χ3n) is 2.36. The minimum atomic E-state index is 0.0187. The van der Waals surface area contributed by atoms with Crippen LogP contribution in [-0.4, -0.2) is 18.5 Å². The van der Waals surface area contributed by atoms with E-state index in [1.54, 1.807) is 31.4 Å². The third kappa shape index (κ3) is 1.52. The number of rotatable bonds is 2. The Kier molecular flexibility index (Phi) is 2.29. The van der Waals surface area contributed by atoms with Crippen LogP contribution in [0.1, 0.15) is 10.4 Å². The molecule has 0 aliphatic carbocycles. The summed E-state index contributed by atoms with van der Waals surface area (Å²) in [5.74, 6) is 0.742. The zero-order valence-electron chi connectivity index (χ0n) is 8.23. The molecule has 1 N–H and O–H groups in total. The standard InChI is InChI=1S/C12H10O3/c1-15-10-4-5-11-8(6-10)2-3-9(7-13)12(11)14/h2-7,14H,1H3. The average Bonchev–Trinajstić information content (AvgIpc) is 2.29. The zero-order valence-corrected chi connectivity index (χ0v) is 8.23. The first kappa shape index (κ1) is 9.52. The van der Waals surface area contributed by atoms with Crippen molar-refractivity contribution in [1.82, 2.24) is 0 Å². The molecule has 2 aromatic carbocycles. The van der Waals surface area contributed by atoms with E-state index >= 15 is 0 Å². The van der Waals surface area contributed by atoms with Gasteiger partial charge in [0.15, 0.2) is 6.29 Å². The van der Waals surface area contributed by atoms with E-state index in [2.05, 4.69) is 0 Å². The van der Waals surface area contributed by atoms with Crippen molar-refractivity contribution in [2.75, 3.05) is 7.11 Å². The number of aldehydes is 1. The van der Waals surface area contributed by atoms with E-state index in [1.165, 1.54) is 0 Å². The number of carbonyl (C=O) groups is 1. The van der Waals surface area contributed by atoms with Gasteiger partial charge in [0.05, 0.1) is 12.7 Å². The number of aromatic hydroxyl groups is 1. The lowest BCUT2D eigenvalue weighted by Gasteiger charge is -2.05. The van der Waals surface area contributed by atoms with Gasteiger partial charge in [-0.1, -0.05) is 6.07 Å². The van der Waals surface area contributed by atoms with Gasteiger partial charge in [0.25, 0.3) is 0 Å². The number of hydrogen-bond acceptors (Lipinski definition) is 3. The van der Waals surface area contributed by atoms with Crippen molar-refractivity contribution in [2.24, 2.45) is 0 Å². The van der Waals surface area contributed by atoms with Gasteiger partial charge in [-0.15, -0.1) is 0 Å². The van der Waals surface area contributed by atoms with Gasteiger partial charge >= 0.3 is 0 Å². The molecule has 0 aliphatic heterocycles. The highest BCUT2D eigenvalue weighted by molar-refractivity contribution is 5.96. The van der Waals surface area contributed by atoms with Gasteiger partial charge in [0, 0.05) is 5.39 Å². The van der Waals surface area contributed by atoms with E-state index in [4.69, 9.17) is 4.74 Å². The summed E-state index contributed by atoms with van der Waals surface area (Å²) in [6.07, 6.45) is 0.638. The van der Waals surface area contributed by atoms with E-state index < -0.39 is 0 Å². The molecule has 0 saturated carbocycles. The molecule has 15 heavy (non-hydrogen) atoms. The molecule has 2 aromatic rings. The van der Waals surface area contributed by atoms with Crippen LogP contribution in [0.3, 0.4) is 0 Å². The zero-order chi connectivity index (χ0) is 10.8. The maximum Gasteiger partial charge on any atom is 0.153 e. The van der Waals surface area contributed by atoms with Crippen molar-refractivity contribution < 1.29 is 14.6 Å². The van der Waals surface area contributed by atoms with E-state index in [9.17, 15) is 9.90 Å². The molecule has 0 bridgehead atoms. The number of ether oxygens (including phenoxy) is 1. The number of benzene rings is 2. The molecule has 0 fully saturated rings. The first-order chi connectivity index (χ1) is 7.26. The molecule has 0 heterocycles. The van der Waals surface area contributed by atoms with Crippen molar-refractivity contribution in [3.63, 3.8) is 0 Å². The summed E-state index contributed by atoms with van der Waals surface area (Å²) in [7, 11) is 1.58. The van der Waals surface area contributed by atoms with Gasteiger partial charge in [-0.3, -0.25) is 4.79 Å². The Hall–Kier alpha value is -2.03. The quantitative estimate of drug-likeness (QED) is 0.760. The second kappa shape index (κ2) is 3.61. The maximum atomic E-state index is 10.6. The maximum absolute atomic E-state index is 10.6. The topological polar surface area (TPSA) is 46.5 Å². The molecule has 0 saturated heterocycles. The van der Waals surface area contributed by atoms with Gasteiger partial charge in [0.2, 0.25) is 0 Å². The minimum absolute atomic E-state index is 0.0187. The monoisotopic (exact) mass is 202 g/mol. The highest BCUT2D eigenvalue weighted by Gasteiger charge is 2.05. The van der Waals surface area contributed by atoms with Crippen molar-refractivity contribution in [3.8, 4) is 11.5 Å². The Balaban J connectivity index is 2.73. The van der Waals surface area contributed by atoms with Crippen LogP contribution in [0.25, 0.3) is 10.8 Å². The predicted octanol–water partition coefficient (Wildman–Crippen LogP) is 2.37. The van der Waals surface area contributed by atoms with Crippen molar-refractivity contribution in [2.45, 2.75) is 0 Å². The molecule has 0 atom stereocenters. The molecule has 3 heteroatoms. The molecule has 0 aromatic heterocycles. The Morgan fingerprint density at radius 1 is 1.27 bits per heavy atom. The Morgan fingerprint density at radius 2 is 2.07 bits per heavy atom. The second-order valence-corrected chi connectivity index (χ2v) is 3.21. The molecular weight excluding hydrogens is 192 g/mol. The molecule has 0 radical (unpaired) electrons. The summed E-state index contributed by atoms with van der Waals surface area (Å²) in [6, 6.07) is 8.65. The van der Waals surface area contributed by atoms with Crippen LogP contribution in [0, 0.1) is 0 Å². The third-order valence-corrected chi connectivity index (χ3v) is 2.36. The molecule has 0 spiro atoms. The van der Waals surface area contributed by atoms with Gasteiger partial charge in [-0.2, -0.15) is 0 Å². The molecule has 0 aliphatic rings. The van der Waals surface area contributed by atoms with Gasteiger partial charge in [-0.25, -0.2) is 0 Å². The highest BCUT2D eigenvalue weighted by atomic mass is 16.5. The van der Waals surface area contributed by atoms with Crippen LogP contribution in [0.2, 0.25) is 0 Å². The molecule has 3 nitrogen and oxygen atoms in total. The molecule has 2 rings (SSSR count). The van der Waals surface area contributed by atoms with Crippen LogP contribution in [0.15, 0.2) is 30.3 Å². The number of carbonyl (C=O) groups excluding carboxylic acids is 1. The average molecular weight is 202 g/mol. The summed E-state index contributed by atoms with van der Waals surface area (Å²) < 4.78 is 5.07. The minimum Gasteiger partial charge on any atom is -0.507 e.